The topological polar surface area (TPSA) is 30.5 Å². The molecule has 0 fully saturated rings. The minimum Gasteiger partial charge on any atom is -0.493 e. The summed E-state index contributed by atoms with van der Waals surface area (Å²) in [5, 5.41) is 4.05. The lowest BCUT2D eigenvalue weighted by Gasteiger charge is -2.23. The van der Waals surface area contributed by atoms with E-state index in [-0.39, 0.29) is 5.41 Å². The van der Waals surface area contributed by atoms with Crippen LogP contribution in [0.3, 0.4) is 0 Å². The highest BCUT2D eigenvalue weighted by Gasteiger charge is 2.19. The third-order valence-corrected chi connectivity index (χ3v) is 3.22. The molecule has 0 radical (unpaired) electrons. The maximum atomic E-state index is 6.08. The van der Waals surface area contributed by atoms with Gasteiger partial charge < -0.3 is 14.8 Å². The number of rotatable bonds is 8. The van der Waals surface area contributed by atoms with E-state index >= 15 is 0 Å². The zero-order chi connectivity index (χ0) is 15.0. The van der Waals surface area contributed by atoms with Gasteiger partial charge >= 0.3 is 0 Å². The summed E-state index contributed by atoms with van der Waals surface area (Å²) in [6.07, 6.45) is 0.968. The molecule has 0 saturated carbocycles. The first-order chi connectivity index (χ1) is 9.45. The molecule has 1 rings (SSSR count). The van der Waals surface area contributed by atoms with Crippen LogP contribution in [0, 0.1) is 0 Å². The molecule has 0 heterocycles. The van der Waals surface area contributed by atoms with Crippen molar-refractivity contribution >= 4 is 11.6 Å². The number of nitrogens with one attached hydrogen (secondary N) is 1. The Balaban J connectivity index is 2.44. The lowest BCUT2D eigenvalue weighted by atomic mass is 9.86. The number of ether oxygens (including phenoxy) is 2. The van der Waals surface area contributed by atoms with Crippen LogP contribution in [-0.4, -0.2) is 33.4 Å². The summed E-state index contributed by atoms with van der Waals surface area (Å²) in [4.78, 5) is 0. The zero-order valence-corrected chi connectivity index (χ0v) is 13.7. The van der Waals surface area contributed by atoms with E-state index < -0.39 is 0 Å². The molecule has 4 heteroatoms. The van der Waals surface area contributed by atoms with Gasteiger partial charge in [0.2, 0.25) is 0 Å². The van der Waals surface area contributed by atoms with Crippen molar-refractivity contribution in [3.8, 4) is 5.75 Å². The van der Waals surface area contributed by atoms with E-state index in [1.807, 2.05) is 18.2 Å². The van der Waals surface area contributed by atoms with Crippen LogP contribution < -0.4 is 10.1 Å². The molecule has 3 nitrogen and oxygen atoms in total. The summed E-state index contributed by atoms with van der Waals surface area (Å²) in [7, 11) is 1.71. The Morgan fingerprint density at radius 3 is 2.55 bits per heavy atom. The van der Waals surface area contributed by atoms with Crippen molar-refractivity contribution in [1.29, 1.82) is 0 Å². The highest BCUT2D eigenvalue weighted by Crippen LogP contribution is 2.33. The van der Waals surface area contributed by atoms with Gasteiger partial charge in [0.05, 0.1) is 13.2 Å². The molecule has 20 heavy (non-hydrogen) atoms. The fraction of sp³-hybridized carbons (Fsp3) is 0.625. The molecule has 0 atom stereocenters. The molecule has 0 bridgehead atoms. The van der Waals surface area contributed by atoms with Crippen LogP contribution in [0.2, 0.25) is 5.02 Å². The Kier molecular flexibility index (Phi) is 7.35. The monoisotopic (exact) mass is 299 g/mol. The molecule has 114 valence electrons. The number of benzene rings is 1. The molecule has 0 amide bonds. The Hall–Kier alpha value is -0.770. The van der Waals surface area contributed by atoms with Crippen LogP contribution in [0.25, 0.3) is 0 Å². The quantitative estimate of drug-likeness (QED) is 0.743. The predicted octanol–water partition coefficient (Wildman–Crippen LogP) is 3.64. The highest BCUT2D eigenvalue weighted by molar-refractivity contribution is 6.30. The fourth-order valence-corrected chi connectivity index (χ4v) is 2.06. The van der Waals surface area contributed by atoms with E-state index in [0.29, 0.717) is 6.61 Å². The van der Waals surface area contributed by atoms with Gasteiger partial charge in [-0.15, -0.1) is 0 Å². The van der Waals surface area contributed by atoms with E-state index in [1.165, 1.54) is 0 Å². The van der Waals surface area contributed by atoms with Crippen molar-refractivity contribution in [2.75, 3.05) is 33.4 Å². The van der Waals surface area contributed by atoms with Gasteiger partial charge in [-0.05, 0) is 36.6 Å². The Labute approximate surface area is 127 Å². The second kappa shape index (κ2) is 8.50. The van der Waals surface area contributed by atoms with E-state index in [9.17, 15) is 0 Å². The first-order valence-corrected chi connectivity index (χ1v) is 7.45. The maximum absolute atomic E-state index is 6.08. The van der Waals surface area contributed by atoms with Crippen LogP contribution >= 0.6 is 11.6 Å². The van der Waals surface area contributed by atoms with Crippen LogP contribution in [-0.2, 0) is 10.2 Å². The third-order valence-electron chi connectivity index (χ3n) is 2.99. The van der Waals surface area contributed by atoms with Crippen LogP contribution in [0.4, 0.5) is 0 Å². The van der Waals surface area contributed by atoms with E-state index in [4.69, 9.17) is 21.1 Å². The van der Waals surface area contributed by atoms with Crippen molar-refractivity contribution in [2.45, 2.75) is 32.6 Å². The smallest absolute Gasteiger partial charge is 0.123 e. The highest BCUT2D eigenvalue weighted by atomic mass is 35.5. The number of halogens is 1. The van der Waals surface area contributed by atoms with Gasteiger partial charge in [-0.3, -0.25) is 0 Å². The first kappa shape index (κ1) is 17.3. The lowest BCUT2D eigenvalue weighted by Crippen LogP contribution is -2.22. The van der Waals surface area contributed by atoms with Crippen LogP contribution in [0.15, 0.2) is 18.2 Å². The number of hydrogen-bond donors (Lipinski definition) is 1. The number of hydrogen-bond acceptors (Lipinski definition) is 3. The minimum atomic E-state index is 0.0248. The third kappa shape index (κ3) is 6.12. The summed E-state index contributed by atoms with van der Waals surface area (Å²) in [6, 6.07) is 5.83. The average Bonchev–Trinajstić information content (AvgIpc) is 2.38. The molecule has 1 aromatic carbocycles. The van der Waals surface area contributed by atoms with E-state index in [0.717, 1.165) is 42.5 Å². The van der Waals surface area contributed by atoms with Crippen molar-refractivity contribution in [3.63, 3.8) is 0 Å². The van der Waals surface area contributed by atoms with Gasteiger partial charge in [0.1, 0.15) is 5.75 Å². The molecule has 0 aliphatic rings. The predicted molar refractivity (Wildman–Crippen MR) is 85.0 cm³/mol. The van der Waals surface area contributed by atoms with Gasteiger partial charge in [0, 0.05) is 24.2 Å². The normalized spacial score (nSPS) is 11.7. The van der Waals surface area contributed by atoms with Crippen molar-refractivity contribution in [2.24, 2.45) is 0 Å². The molecule has 1 N–H and O–H groups in total. The summed E-state index contributed by atoms with van der Waals surface area (Å²) < 4.78 is 10.9. The van der Waals surface area contributed by atoms with Gasteiger partial charge in [0.25, 0.3) is 0 Å². The van der Waals surface area contributed by atoms with Gasteiger partial charge in [-0.1, -0.05) is 32.4 Å². The molecule has 0 aliphatic heterocycles. The molecule has 0 aromatic heterocycles. The molecule has 0 aliphatic carbocycles. The van der Waals surface area contributed by atoms with Crippen molar-refractivity contribution < 1.29 is 9.47 Å². The first-order valence-electron chi connectivity index (χ1n) is 7.07. The van der Waals surface area contributed by atoms with E-state index in [1.54, 1.807) is 7.11 Å². The molecular formula is C16H26ClNO2. The standard InChI is InChI=1S/C16H26ClNO2/c1-16(2,3)14-12-13(17)6-7-15(14)20-10-5-8-18-9-11-19-4/h6-7,12,18H,5,8-11H2,1-4H3. The van der Waals surface area contributed by atoms with Gasteiger partial charge in [-0.2, -0.15) is 0 Å². The Morgan fingerprint density at radius 2 is 1.90 bits per heavy atom. The van der Waals surface area contributed by atoms with Crippen molar-refractivity contribution in [1.82, 2.24) is 5.32 Å². The SMILES string of the molecule is COCCNCCCOc1ccc(Cl)cc1C(C)(C)C. The van der Waals surface area contributed by atoms with E-state index in [2.05, 4.69) is 26.1 Å². The summed E-state index contributed by atoms with van der Waals surface area (Å²) in [5.41, 5.74) is 1.18. The second-order valence-electron chi connectivity index (χ2n) is 5.84. The maximum Gasteiger partial charge on any atom is 0.123 e. The summed E-state index contributed by atoms with van der Waals surface area (Å²) in [5.74, 6) is 0.929. The molecule has 0 spiro atoms. The fourth-order valence-electron chi connectivity index (χ4n) is 1.89. The Bertz CT molecular complexity index is 402. The number of methoxy groups -OCH3 is 1. The minimum absolute atomic E-state index is 0.0248. The molecular weight excluding hydrogens is 274 g/mol. The molecule has 0 unspecified atom stereocenters. The van der Waals surface area contributed by atoms with Crippen LogP contribution in [0.1, 0.15) is 32.8 Å². The zero-order valence-electron chi connectivity index (χ0n) is 13.0. The Morgan fingerprint density at radius 1 is 1.15 bits per heavy atom. The summed E-state index contributed by atoms with van der Waals surface area (Å²) >= 11 is 6.08. The average molecular weight is 300 g/mol. The largest absolute Gasteiger partial charge is 0.493 e. The second-order valence-corrected chi connectivity index (χ2v) is 6.27. The van der Waals surface area contributed by atoms with Gasteiger partial charge in [0.15, 0.2) is 0 Å². The molecule has 1 aromatic rings. The molecule has 0 saturated heterocycles. The van der Waals surface area contributed by atoms with Crippen molar-refractivity contribution in [3.05, 3.63) is 28.8 Å². The lowest BCUT2D eigenvalue weighted by molar-refractivity contribution is 0.198. The van der Waals surface area contributed by atoms with Gasteiger partial charge in [-0.25, -0.2) is 0 Å². The van der Waals surface area contributed by atoms with Crippen LogP contribution in [0.5, 0.6) is 5.75 Å². The summed E-state index contributed by atoms with van der Waals surface area (Å²) in [6.45, 7) is 9.75.